The van der Waals surface area contributed by atoms with E-state index in [9.17, 15) is 0 Å². The average molecular weight is 243 g/mol. The molecule has 2 N–H and O–H groups in total. The van der Waals surface area contributed by atoms with Crippen LogP contribution in [0.1, 0.15) is 32.6 Å². The minimum atomic E-state index is 0.194. The highest BCUT2D eigenvalue weighted by molar-refractivity contribution is 5.01. The Labute approximate surface area is 104 Å². The molecule has 0 aromatic carbocycles. The fourth-order valence-corrected chi connectivity index (χ4v) is 2.75. The van der Waals surface area contributed by atoms with Crippen LogP contribution in [0.4, 0.5) is 0 Å². The number of aliphatic hydroxyl groups is 1. The SMILES string of the molecule is CCOC1CC(NCC2(CCO)CC2)C1OC. The van der Waals surface area contributed by atoms with Crippen molar-refractivity contribution in [2.24, 2.45) is 5.41 Å². The highest BCUT2D eigenvalue weighted by Crippen LogP contribution is 2.48. The molecule has 0 aromatic heterocycles. The molecule has 0 spiro atoms. The highest BCUT2D eigenvalue weighted by atomic mass is 16.5. The van der Waals surface area contributed by atoms with Crippen LogP contribution in [0.5, 0.6) is 0 Å². The molecule has 3 unspecified atom stereocenters. The average Bonchev–Trinajstić information content (AvgIpc) is 3.04. The Kier molecular flexibility index (Phi) is 4.42. The maximum absolute atomic E-state index is 9.02. The third kappa shape index (κ3) is 2.99. The molecule has 0 bridgehead atoms. The van der Waals surface area contributed by atoms with Gasteiger partial charge in [-0.3, -0.25) is 0 Å². The number of ether oxygens (including phenoxy) is 2. The van der Waals surface area contributed by atoms with E-state index in [4.69, 9.17) is 14.6 Å². The zero-order valence-corrected chi connectivity index (χ0v) is 10.9. The fraction of sp³-hybridized carbons (Fsp3) is 1.00. The van der Waals surface area contributed by atoms with Crippen LogP contribution in [0.25, 0.3) is 0 Å². The van der Waals surface area contributed by atoms with Gasteiger partial charge in [0.15, 0.2) is 0 Å². The first kappa shape index (κ1) is 13.3. The zero-order valence-electron chi connectivity index (χ0n) is 10.9. The first-order chi connectivity index (χ1) is 8.24. The molecule has 2 aliphatic carbocycles. The molecule has 2 rings (SSSR count). The lowest BCUT2D eigenvalue weighted by atomic mass is 9.84. The molecule has 0 aliphatic heterocycles. The van der Waals surface area contributed by atoms with Crippen LogP contribution in [0.2, 0.25) is 0 Å². The standard InChI is InChI=1S/C13H25NO3/c1-3-17-11-8-10(12(11)16-2)14-9-13(4-5-13)6-7-15/h10-12,14-15H,3-9H2,1-2H3. The molecule has 100 valence electrons. The second-order valence-corrected chi connectivity index (χ2v) is 5.39. The van der Waals surface area contributed by atoms with Gasteiger partial charge in [0.1, 0.15) is 0 Å². The Hall–Kier alpha value is -0.160. The van der Waals surface area contributed by atoms with Gasteiger partial charge >= 0.3 is 0 Å². The molecule has 4 nitrogen and oxygen atoms in total. The third-order valence-electron chi connectivity index (χ3n) is 4.24. The van der Waals surface area contributed by atoms with Crippen LogP contribution < -0.4 is 5.32 Å². The third-order valence-corrected chi connectivity index (χ3v) is 4.24. The molecule has 0 radical (unpaired) electrons. The molecule has 0 aromatic rings. The van der Waals surface area contributed by atoms with Crippen molar-refractivity contribution in [1.82, 2.24) is 5.32 Å². The summed E-state index contributed by atoms with van der Waals surface area (Å²) in [6, 6.07) is 0.424. The van der Waals surface area contributed by atoms with Gasteiger partial charge in [-0.05, 0) is 38.0 Å². The molecule has 0 heterocycles. The monoisotopic (exact) mass is 243 g/mol. The number of nitrogens with one attached hydrogen (secondary N) is 1. The summed E-state index contributed by atoms with van der Waals surface area (Å²) in [6.07, 6.45) is 4.93. The summed E-state index contributed by atoms with van der Waals surface area (Å²) in [5, 5.41) is 12.6. The normalized spacial score (nSPS) is 34.4. The summed E-state index contributed by atoms with van der Waals surface area (Å²) >= 11 is 0. The number of rotatable bonds is 8. The van der Waals surface area contributed by atoms with Crippen LogP contribution in [-0.2, 0) is 9.47 Å². The number of methoxy groups -OCH3 is 1. The van der Waals surface area contributed by atoms with E-state index in [1.54, 1.807) is 7.11 Å². The van der Waals surface area contributed by atoms with Gasteiger partial charge in [-0.1, -0.05) is 0 Å². The molecule has 3 atom stereocenters. The largest absolute Gasteiger partial charge is 0.396 e. The second-order valence-electron chi connectivity index (χ2n) is 5.39. The smallest absolute Gasteiger partial charge is 0.0986 e. The maximum atomic E-state index is 9.02. The van der Waals surface area contributed by atoms with Crippen LogP contribution in [0.3, 0.4) is 0 Å². The summed E-state index contributed by atoms with van der Waals surface area (Å²) in [6.45, 7) is 4.10. The molecule has 0 saturated heterocycles. The van der Waals surface area contributed by atoms with E-state index in [1.165, 1.54) is 12.8 Å². The van der Waals surface area contributed by atoms with Crippen LogP contribution >= 0.6 is 0 Å². The Morgan fingerprint density at radius 1 is 1.41 bits per heavy atom. The van der Waals surface area contributed by atoms with E-state index in [-0.39, 0.29) is 12.2 Å². The van der Waals surface area contributed by atoms with E-state index < -0.39 is 0 Å². The Morgan fingerprint density at radius 2 is 2.18 bits per heavy atom. The zero-order chi connectivity index (χ0) is 12.3. The molecular weight excluding hydrogens is 218 g/mol. The highest BCUT2D eigenvalue weighted by Gasteiger charge is 2.46. The molecule has 2 saturated carbocycles. The van der Waals surface area contributed by atoms with Crippen LogP contribution in [0, 0.1) is 5.41 Å². The molecule has 4 heteroatoms. The van der Waals surface area contributed by atoms with Crippen molar-refractivity contribution in [1.29, 1.82) is 0 Å². The van der Waals surface area contributed by atoms with Gasteiger partial charge in [0.2, 0.25) is 0 Å². The minimum absolute atomic E-state index is 0.194. The summed E-state index contributed by atoms with van der Waals surface area (Å²) in [5.74, 6) is 0. The molecule has 2 aliphatic rings. The Balaban J connectivity index is 1.70. The lowest BCUT2D eigenvalue weighted by Crippen LogP contribution is -2.60. The van der Waals surface area contributed by atoms with Crippen molar-refractivity contribution in [3.63, 3.8) is 0 Å². The van der Waals surface area contributed by atoms with Gasteiger partial charge in [-0.2, -0.15) is 0 Å². The van der Waals surface area contributed by atoms with Gasteiger partial charge in [0, 0.05) is 32.9 Å². The molecule has 17 heavy (non-hydrogen) atoms. The number of hydrogen-bond acceptors (Lipinski definition) is 4. The van der Waals surface area contributed by atoms with Crippen molar-refractivity contribution in [3.05, 3.63) is 0 Å². The van der Waals surface area contributed by atoms with E-state index in [0.717, 1.165) is 26.0 Å². The van der Waals surface area contributed by atoms with E-state index >= 15 is 0 Å². The van der Waals surface area contributed by atoms with Crippen LogP contribution in [-0.4, -0.2) is 50.2 Å². The van der Waals surface area contributed by atoms with Gasteiger partial charge in [-0.15, -0.1) is 0 Å². The molecule has 2 fully saturated rings. The van der Waals surface area contributed by atoms with E-state index in [2.05, 4.69) is 5.32 Å². The summed E-state index contributed by atoms with van der Waals surface area (Å²) in [4.78, 5) is 0. The molecule has 0 amide bonds. The first-order valence-electron chi connectivity index (χ1n) is 6.73. The second kappa shape index (κ2) is 5.65. The predicted molar refractivity (Wildman–Crippen MR) is 66.0 cm³/mol. The maximum Gasteiger partial charge on any atom is 0.0986 e. The van der Waals surface area contributed by atoms with Crippen molar-refractivity contribution in [3.8, 4) is 0 Å². The predicted octanol–water partition coefficient (Wildman–Crippen LogP) is 0.931. The quantitative estimate of drug-likeness (QED) is 0.666. The van der Waals surface area contributed by atoms with Crippen molar-refractivity contribution < 1.29 is 14.6 Å². The van der Waals surface area contributed by atoms with Crippen LogP contribution in [0.15, 0.2) is 0 Å². The Morgan fingerprint density at radius 3 is 2.71 bits per heavy atom. The lowest BCUT2D eigenvalue weighted by Gasteiger charge is -2.44. The number of hydrogen-bond donors (Lipinski definition) is 2. The first-order valence-corrected chi connectivity index (χ1v) is 6.73. The van der Waals surface area contributed by atoms with Gasteiger partial charge in [-0.25, -0.2) is 0 Å². The van der Waals surface area contributed by atoms with Crippen molar-refractivity contribution >= 4 is 0 Å². The summed E-state index contributed by atoms with van der Waals surface area (Å²) in [7, 11) is 1.76. The van der Waals surface area contributed by atoms with Gasteiger partial charge < -0.3 is 19.9 Å². The Bertz CT molecular complexity index is 243. The minimum Gasteiger partial charge on any atom is -0.396 e. The summed E-state index contributed by atoms with van der Waals surface area (Å²) < 4.78 is 11.1. The lowest BCUT2D eigenvalue weighted by molar-refractivity contribution is -0.131. The summed E-state index contributed by atoms with van der Waals surface area (Å²) in [5.41, 5.74) is 0.379. The van der Waals surface area contributed by atoms with E-state index in [1.807, 2.05) is 6.92 Å². The van der Waals surface area contributed by atoms with Crippen molar-refractivity contribution in [2.75, 3.05) is 26.9 Å². The molecular formula is C13H25NO3. The van der Waals surface area contributed by atoms with E-state index in [0.29, 0.717) is 18.1 Å². The van der Waals surface area contributed by atoms with Gasteiger partial charge in [0.05, 0.1) is 12.2 Å². The van der Waals surface area contributed by atoms with Crippen molar-refractivity contribution in [2.45, 2.75) is 50.9 Å². The topological polar surface area (TPSA) is 50.7 Å². The number of aliphatic hydroxyl groups excluding tert-OH is 1. The van der Waals surface area contributed by atoms with Gasteiger partial charge in [0.25, 0.3) is 0 Å². The fourth-order valence-electron chi connectivity index (χ4n) is 2.75.